The molecule has 0 saturated heterocycles. The first-order valence-electron chi connectivity index (χ1n) is 6.35. The molecule has 0 aliphatic heterocycles. The topological polar surface area (TPSA) is 9.23 Å². The first-order chi connectivity index (χ1) is 6.77. The van der Waals surface area contributed by atoms with Crippen LogP contribution in [-0.4, -0.2) is 13.2 Å². The molecule has 1 rings (SSSR count). The van der Waals surface area contributed by atoms with E-state index in [2.05, 4.69) is 20.8 Å². The Kier molecular flexibility index (Phi) is 5.54. The summed E-state index contributed by atoms with van der Waals surface area (Å²) >= 11 is 0. The molecule has 0 N–H and O–H groups in total. The molecule has 1 aliphatic rings. The highest BCUT2D eigenvalue weighted by atomic mass is 16.5. The second-order valence-corrected chi connectivity index (χ2v) is 4.96. The fourth-order valence-electron chi connectivity index (χ4n) is 2.34. The van der Waals surface area contributed by atoms with E-state index in [1.54, 1.807) is 0 Å². The zero-order valence-electron chi connectivity index (χ0n) is 10.1. The molecule has 0 aromatic rings. The summed E-state index contributed by atoms with van der Waals surface area (Å²) in [4.78, 5) is 0. The summed E-state index contributed by atoms with van der Waals surface area (Å²) < 4.78 is 5.57. The highest BCUT2D eigenvalue weighted by molar-refractivity contribution is 4.86. The van der Waals surface area contributed by atoms with E-state index < -0.39 is 0 Å². The summed E-state index contributed by atoms with van der Waals surface area (Å²) in [6.07, 6.45) is 6.85. The molecule has 0 heterocycles. The van der Waals surface area contributed by atoms with E-state index in [-0.39, 0.29) is 0 Å². The lowest BCUT2D eigenvalue weighted by atomic mass is 10.0. The van der Waals surface area contributed by atoms with Gasteiger partial charge in [-0.3, -0.25) is 0 Å². The summed E-state index contributed by atoms with van der Waals surface area (Å²) in [5, 5.41) is 0. The monoisotopic (exact) mass is 198 g/mol. The maximum absolute atomic E-state index is 5.57. The second kappa shape index (κ2) is 6.44. The summed E-state index contributed by atoms with van der Waals surface area (Å²) in [7, 11) is 0. The van der Waals surface area contributed by atoms with E-state index in [4.69, 9.17) is 4.74 Å². The van der Waals surface area contributed by atoms with Gasteiger partial charge in [0.15, 0.2) is 0 Å². The van der Waals surface area contributed by atoms with E-state index >= 15 is 0 Å². The van der Waals surface area contributed by atoms with Gasteiger partial charge in [-0.1, -0.05) is 33.6 Å². The Labute approximate surface area is 89.2 Å². The standard InChI is InChI=1S/C13H26O/c1-4-6-12-9-13(12)8-11(3)10-14-7-5-2/h11-13H,4-10H2,1-3H3/t11-,12-,13-/m1/s1. The van der Waals surface area contributed by atoms with Gasteiger partial charge in [0, 0.05) is 13.2 Å². The molecule has 0 bridgehead atoms. The molecule has 0 aromatic heterocycles. The Morgan fingerprint density at radius 1 is 1.21 bits per heavy atom. The van der Waals surface area contributed by atoms with Crippen LogP contribution in [0.15, 0.2) is 0 Å². The Morgan fingerprint density at radius 3 is 2.64 bits per heavy atom. The second-order valence-electron chi connectivity index (χ2n) is 4.96. The van der Waals surface area contributed by atoms with Crippen molar-refractivity contribution in [2.24, 2.45) is 17.8 Å². The molecule has 1 fully saturated rings. The van der Waals surface area contributed by atoms with Gasteiger partial charge in [-0.2, -0.15) is 0 Å². The Bertz CT molecular complexity index is 144. The quantitative estimate of drug-likeness (QED) is 0.538. The maximum atomic E-state index is 5.57. The molecule has 3 atom stereocenters. The van der Waals surface area contributed by atoms with Crippen molar-refractivity contribution in [3.63, 3.8) is 0 Å². The Balaban J connectivity index is 1.96. The summed E-state index contributed by atoms with van der Waals surface area (Å²) in [5.74, 6) is 2.87. The molecule has 0 radical (unpaired) electrons. The van der Waals surface area contributed by atoms with Crippen LogP contribution >= 0.6 is 0 Å². The summed E-state index contributed by atoms with van der Waals surface area (Å²) in [6, 6.07) is 0. The minimum absolute atomic E-state index is 0.772. The smallest absolute Gasteiger partial charge is 0.0491 e. The van der Waals surface area contributed by atoms with E-state index in [0.29, 0.717) is 0 Å². The van der Waals surface area contributed by atoms with Crippen LogP contribution in [0, 0.1) is 17.8 Å². The molecule has 0 amide bonds. The van der Waals surface area contributed by atoms with E-state index in [1.807, 2.05) is 0 Å². The number of rotatable bonds is 8. The third-order valence-corrected chi connectivity index (χ3v) is 3.18. The summed E-state index contributed by atoms with van der Waals surface area (Å²) in [6.45, 7) is 8.71. The highest BCUT2D eigenvalue weighted by Gasteiger charge is 2.36. The fraction of sp³-hybridized carbons (Fsp3) is 1.00. The molecule has 1 saturated carbocycles. The molecule has 14 heavy (non-hydrogen) atoms. The van der Waals surface area contributed by atoms with Crippen LogP contribution in [0.4, 0.5) is 0 Å². The molecule has 1 nitrogen and oxygen atoms in total. The lowest BCUT2D eigenvalue weighted by Gasteiger charge is -2.11. The van der Waals surface area contributed by atoms with Gasteiger partial charge in [0.1, 0.15) is 0 Å². The van der Waals surface area contributed by atoms with Crippen LogP contribution in [-0.2, 0) is 4.74 Å². The third-order valence-electron chi connectivity index (χ3n) is 3.18. The van der Waals surface area contributed by atoms with Crippen molar-refractivity contribution in [3.8, 4) is 0 Å². The lowest BCUT2D eigenvalue weighted by Crippen LogP contribution is -2.07. The first kappa shape index (κ1) is 12.0. The largest absolute Gasteiger partial charge is 0.381 e. The van der Waals surface area contributed by atoms with Crippen molar-refractivity contribution < 1.29 is 4.74 Å². The molecule has 0 unspecified atom stereocenters. The molecule has 1 heteroatoms. The van der Waals surface area contributed by atoms with Crippen LogP contribution in [0.25, 0.3) is 0 Å². The zero-order chi connectivity index (χ0) is 10.4. The number of hydrogen-bond donors (Lipinski definition) is 0. The normalized spacial score (nSPS) is 27.6. The van der Waals surface area contributed by atoms with Crippen molar-refractivity contribution >= 4 is 0 Å². The van der Waals surface area contributed by atoms with Crippen molar-refractivity contribution in [2.45, 2.75) is 52.9 Å². The fourth-order valence-corrected chi connectivity index (χ4v) is 2.34. The molecular weight excluding hydrogens is 172 g/mol. The van der Waals surface area contributed by atoms with E-state index in [9.17, 15) is 0 Å². The highest BCUT2D eigenvalue weighted by Crippen LogP contribution is 2.45. The van der Waals surface area contributed by atoms with Crippen LogP contribution in [0.3, 0.4) is 0 Å². The average Bonchev–Trinajstić information content (AvgIpc) is 2.85. The van der Waals surface area contributed by atoms with E-state index in [0.717, 1.165) is 37.4 Å². The zero-order valence-corrected chi connectivity index (χ0v) is 10.1. The minimum Gasteiger partial charge on any atom is -0.381 e. The lowest BCUT2D eigenvalue weighted by molar-refractivity contribution is 0.100. The van der Waals surface area contributed by atoms with Crippen LogP contribution in [0.5, 0.6) is 0 Å². The molecule has 84 valence electrons. The van der Waals surface area contributed by atoms with Crippen molar-refractivity contribution in [1.82, 2.24) is 0 Å². The maximum Gasteiger partial charge on any atom is 0.0491 e. The van der Waals surface area contributed by atoms with Gasteiger partial charge in [0.05, 0.1) is 0 Å². The minimum atomic E-state index is 0.772. The Hall–Kier alpha value is -0.0400. The molecule has 0 spiro atoms. The third kappa shape index (κ3) is 4.45. The van der Waals surface area contributed by atoms with Gasteiger partial charge in [-0.15, -0.1) is 0 Å². The van der Waals surface area contributed by atoms with Crippen LogP contribution in [0.1, 0.15) is 52.9 Å². The number of ether oxygens (including phenoxy) is 1. The SMILES string of the molecule is CCCOC[C@H](C)C[C@@H]1C[C@H]1CCC. The molecule has 1 aliphatic carbocycles. The van der Waals surface area contributed by atoms with Gasteiger partial charge in [0.2, 0.25) is 0 Å². The summed E-state index contributed by atoms with van der Waals surface area (Å²) in [5.41, 5.74) is 0. The molecular formula is C13H26O. The predicted octanol–water partition coefficient (Wildman–Crippen LogP) is 3.88. The first-order valence-corrected chi connectivity index (χ1v) is 6.35. The van der Waals surface area contributed by atoms with Crippen molar-refractivity contribution in [2.75, 3.05) is 13.2 Å². The predicted molar refractivity (Wildman–Crippen MR) is 61.4 cm³/mol. The van der Waals surface area contributed by atoms with Gasteiger partial charge in [-0.05, 0) is 37.0 Å². The van der Waals surface area contributed by atoms with Crippen molar-refractivity contribution in [3.05, 3.63) is 0 Å². The van der Waals surface area contributed by atoms with Crippen molar-refractivity contribution in [1.29, 1.82) is 0 Å². The van der Waals surface area contributed by atoms with E-state index in [1.165, 1.54) is 25.7 Å². The van der Waals surface area contributed by atoms with Crippen LogP contribution in [0.2, 0.25) is 0 Å². The van der Waals surface area contributed by atoms with Gasteiger partial charge < -0.3 is 4.74 Å². The van der Waals surface area contributed by atoms with Gasteiger partial charge >= 0.3 is 0 Å². The van der Waals surface area contributed by atoms with Crippen LogP contribution < -0.4 is 0 Å². The Morgan fingerprint density at radius 2 is 2.00 bits per heavy atom. The van der Waals surface area contributed by atoms with Gasteiger partial charge in [0.25, 0.3) is 0 Å². The van der Waals surface area contributed by atoms with Gasteiger partial charge in [-0.25, -0.2) is 0 Å². The number of hydrogen-bond acceptors (Lipinski definition) is 1. The average molecular weight is 198 g/mol. The molecule has 0 aromatic carbocycles.